The smallest absolute Gasteiger partial charge is 0.267 e. The summed E-state index contributed by atoms with van der Waals surface area (Å²) in [5, 5.41) is 0.848. The Balaban J connectivity index is 2.14. The van der Waals surface area contributed by atoms with E-state index < -0.39 is 0 Å². The standard InChI is InChI=1S/C14H24N4OS/c1-4-17(5-2)14-16-12(15)11(20-14)13(19)18-8-6-10(3)7-9-18/h10H,4-9,15H2,1-3H3. The van der Waals surface area contributed by atoms with Crippen LogP contribution in [-0.4, -0.2) is 42.0 Å². The lowest BCUT2D eigenvalue weighted by Gasteiger charge is -2.29. The van der Waals surface area contributed by atoms with E-state index in [0.717, 1.165) is 44.2 Å². The van der Waals surface area contributed by atoms with E-state index in [-0.39, 0.29) is 5.91 Å². The highest BCUT2D eigenvalue weighted by Gasteiger charge is 2.26. The Morgan fingerprint density at radius 1 is 1.40 bits per heavy atom. The van der Waals surface area contributed by atoms with Crippen LogP contribution < -0.4 is 10.6 Å². The van der Waals surface area contributed by atoms with Gasteiger partial charge in [0.25, 0.3) is 5.91 Å². The summed E-state index contributed by atoms with van der Waals surface area (Å²) in [5.74, 6) is 1.13. The summed E-state index contributed by atoms with van der Waals surface area (Å²) in [6, 6.07) is 0. The van der Waals surface area contributed by atoms with Crippen LogP contribution in [0.25, 0.3) is 0 Å². The normalized spacial score (nSPS) is 16.4. The Bertz CT molecular complexity index is 462. The minimum Gasteiger partial charge on any atom is -0.382 e. The molecule has 0 radical (unpaired) electrons. The zero-order valence-electron chi connectivity index (χ0n) is 12.6. The molecule has 0 aliphatic carbocycles. The Morgan fingerprint density at radius 2 is 2.00 bits per heavy atom. The van der Waals surface area contributed by atoms with E-state index in [4.69, 9.17) is 5.73 Å². The third kappa shape index (κ3) is 3.06. The number of piperidine rings is 1. The Hall–Kier alpha value is -1.30. The third-order valence-electron chi connectivity index (χ3n) is 3.94. The number of thiazole rings is 1. The molecule has 0 spiro atoms. The van der Waals surface area contributed by atoms with E-state index in [9.17, 15) is 4.79 Å². The number of carbonyl (C=O) groups excluding carboxylic acids is 1. The number of hydrogen-bond donors (Lipinski definition) is 1. The fraction of sp³-hybridized carbons (Fsp3) is 0.714. The molecule has 5 nitrogen and oxygen atoms in total. The van der Waals surface area contributed by atoms with Crippen molar-refractivity contribution in [2.75, 3.05) is 36.8 Å². The van der Waals surface area contributed by atoms with Crippen LogP contribution in [0.2, 0.25) is 0 Å². The maximum absolute atomic E-state index is 12.5. The molecule has 6 heteroatoms. The molecule has 0 unspecified atom stereocenters. The molecule has 0 bridgehead atoms. The average Bonchev–Trinajstić information content (AvgIpc) is 2.82. The minimum atomic E-state index is 0.0466. The predicted octanol–water partition coefficient (Wildman–Crippen LogP) is 2.44. The molecule has 1 aromatic rings. The zero-order chi connectivity index (χ0) is 14.7. The van der Waals surface area contributed by atoms with Gasteiger partial charge in [-0.2, -0.15) is 0 Å². The molecular formula is C14H24N4OS. The van der Waals surface area contributed by atoms with Crippen molar-refractivity contribution in [1.29, 1.82) is 0 Å². The maximum atomic E-state index is 12.5. The van der Waals surface area contributed by atoms with Gasteiger partial charge in [-0.05, 0) is 32.6 Å². The molecule has 0 saturated carbocycles. The largest absolute Gasteiger partial charge is 0.382 e. The number of anilines is 2. The molecule has 1 saturated heterocycles. The molecule has 1 aliphatic rings. The van der Waals surface area contributed by atoms with Gasteiger partial charge in [-0.25, -0.2) is 4.98 Å². The third-order valence-corrected chi connectivity index (χ3v) is 5.06. The number of hydrogen-bond acceptors (Lipinski definition) is 5. The van der Waals surface area contributed by atoms with E-state index in [1.807, 2.05) is 4.90 Å². The molecule has 20 heavy (non-hydrogen) atoms. The lowest BCUT2D eigenvalue weighted by atomic mass is 9.99. The van der Waals surface area contributed by atoms with Crippen LogP contribution in [-0.2, 0) is 0 Å². The highest BCUT2D eigenvalue weighted by atomic mass is 32.1. The lowest BCUT2D eigenvalue weighted by Crippen LogP contribution is -2.37. The Morgan fingerprint density at radius 3 is 2.55 bits per heavy atom. The predicted molar refractivity (Wildman–Crippen MR) is 84.4 cm³/mol. The minimum absolute atomic E-state index is 0.0466. The topological polar surface area (TPSA) is 62.5 Å². The Kier molecular flexibility index (Phi) is 4.86. The van der Waals surface area contributed by atoms with Gasteiger partial charge >= 0.3 is 0 Å². The van der Waals surface area contributed by atoms with E-state index in [0.29, 0.717) is 16.6 Å². The van der Waals surface area contributed by atoms with Crippen molar-refractivity contribution in [3.05, 3.63) is 4.88 Å². The molecule has 2 rings (SSSR count). The van der Waals surface area contributed by atoms with Gasteiger partial charge < -0.3 is 15.5 Å². The summed E-state index contributed by atoms with van der Waals surface area (Å²) in [5.41, 5.74) is 5.95. The van der Waals surface area contributed by atoms with Crippen molar-refractivity contribution in [2.45, 2.75) is 33.6 Å². The van der Waals surface area contributed by atoms with Crippen LogP contribution in [0, 0.1) is 5.92 Å². The molecule has 1 amide bonds. The van der Waals surface area contributed by atoms with Gasteiger partial charge in [0.2, 0.25) is 0 Å². The number of nitrogens with two attached hydrogens (primary N) is 1. The highest BCUT2D eigenvalue weighted by molar-refractivity contribution is 7.18. The average molecular weight is 296 g/mol. The molecule has 1 fully saturated rings. The second-order valence-electron chi connectivity index (χ2n) is 5.36. The van der Waals surface area contributed by atoms with Crippen LogP contribution in [0.3, 0.4) is 0 Å². The highest BCUT2D eigenvalue weighted by Crippen LogP contribution is 2.30. The SMILES string of the molecule is CCN(CC)c1nc(N)c(C(=O)N2CCC(C)CC2)s1. The number of nitrogen functional groups attached to an aromatic ring is 1. The number of rotatable bonds is 4. The van der Waals surface area contributed by atoms with Crippen molar-refractivity contribution < 1.29 is 4.79 Å². The molecule has 1 aliphatic heterocycles. The van der Waals surface area contributed by atoms with Gasteiger partial charge in [0.15, 0.2) is 5.13 Å². The van der Waals surface area contributed by atoms with Gasteiger partial charge in [0.05, 0.1) is 0 Å². The fourth-order valence-electron chi connectivity index (χ4n) is 2.46. The van der Waals surface area contributed by atoms with Gasteiger partial charge in [0, 0.05) is 26.2 Å². The maximum Gasteiger partial charge on any atom is 0.267 e. The van der Waals surface area contributed by atoms with Crippen LogP contribution >= 0.6 is 11.3 Å². The zero-order valence-corrected chi connectivity index (χ0v) is 13.4. The number of carbonyl (C=O) groups is 1. The van der Waals surface area contributed by atoms with E-state index >= 15 is 0 Å². The first-order valence-corrected chi connectivity index (χ1v) is 8.18. The molecule has 1 aromatic heterocycles. The summed E-state index contributed by atoms with van der Waals surface area (Å²) in [7, 11) is 0. The van der Waals surface area contributed by atoms with Crippen molar-refractivity contribution in [1.82, 2.24) is 9.88 Å². The monoisotopic (exact) mass is 296 g/mol. The fourth-order valence-corrected chi connectivity index (χ4v) is 3.54. The number of likely N-dealkylation sites (tertiary alicyclic amines) is 1. The van der Waals surface area contributed by atoms with Gasteiger partial charge in [-0.15, -0.1) is 0 Å². The van der Waals surface area contributed by atoms with Gasteiger partial charge in [-0.1, -0.05) is 18.3 Å². The van der Waals surface area contributed by atoms with Crippen LogP contribution in [0.1, 0.15) is 43.3 Å². The molecule has 2 heterocycles. The summed E-state index contributed by atoms with van der Waals surface area (Å²) >= 11 is 1.42. The number of nitrogens with zero attached hydrogens (tertiary/aromatic N) is 3. The van der Waals surface area contributed by atoms with Crippen LogP contribution in [0.4, 0.5) is 10.9 Å². The molecule has 2 N–H and O–H groups in total. The summed E-state index contributed by atoms with van der Waals surface area (Å²) in [4.78, 5) is 21.5. The van der Waals surface area contributed by atoms with Crippen molar-refractivity contribution in [2.24, 2.45) is 5.92 Å². The van der Waals surface area contributed by atoms with E-state index in [1.54, 1.807) is 0 Å². The quantitative estimate of drug-likeness (QED) is 0.927. The molecular weight excluding hydrogens is 272 g/mol. The molecule has 0 aromatic carbocycles. The summed E-state index contributed by atoms with van der Waals surface area (Å²) < 4.78 is 0. The molecule has 112 valence electrons. The first-order chi connectivity index (χ1) is 9.56. The number of amides is 1. The van der Waals surface area contributed by atoms with Crippen molar-refractivity contribution in [3.8, 4) is 0 Å². The van der Waals surface area contributed by atoms with E-state index in [1.165, 1.54) is 11.3 Å². The summed E-state index contributed by atoms with van der Waals surface area (Å²) in [6.07, 6.45) is 2.15. The Labute approximate surface area is 124 Å². The first-order valence-electron chi connectivity index (χ1n) is 7.37. The molecule has 0 atom stereocenters. The lowest BCUT2D eigenvalue weighted by molar-refractivity contribution is 0.0703. The first kappa shape index (κ1) is 15.1. The van der Waals surface area contributed by atoms with Crippen molar-refractivity contribution in [3.63, 3.8) is 0 Å². The van der Waals surface area contributed by atoms with E-state index in [2.05, 4.69) is 30.7 Å². The summed E-state index contributed by atoms with van der Waals surface area (Å²) in [6.45, 7) is 9.80. The number of aromatic nitrogens is 1. The second-order valence-corrected chi connectivity index (χ2v) is 6.34. The van der Waals surface area contributed by atoms with Crippen LogP contribution in [0.5, 0.6) is 0 Å². The van der Waals surface area contributed by atoms with Crippen molar-refractivity contribution >= 4 is 28.2 Å². The second kappa shape index (κ2) is 6.43. The van der Waals surface area contributed by atoms with Gasteiger partial charge in [-0.3, -0.25) is 4.79 Å². The van der Waals surface area contributed by atoms with Crippen LogP contribution in [0.15, 0.2) is 0 Å². The van der Waals surface area contributed by atoms with Gasteiger partial charge in [0.1, 0.15) is 10.7 Å².